The normalized spacial score (nSPS) is 21.1. The number of benzene rings is 2. The van der Waals surface area contributed by atoms with Gasteiger partial charge in [0.25, 0.3) is 0 Å². The molecule has 2 aromatic carbocycles. The number of carbonyl (C=O) groups is 1. The fourth-order valence-electron chi connectivity index (χ4n) is 4.41. The van der Waals surface area contributed by atoms with Crippen molar-refractivity contribution in [3.63, 3.8) is 0 Å². The molecule has 2 saturated heterocycles. The molecule has 0 radical (unpaired) electrons. The lowest BCUT2D eigenvalue weighted by Gasteiger charge is -2.29. The average Bonchev–Trinajstić information content (AvgIpc) is 3.36. The van der Waals surface area contributed by atoms with Crippen molar-refractivity contribution in [2.24, 2.45) is 0 Å². The molecule has 1 amide bonds. The maximum absolute atomic E-state index is 13.3. The van der Waals surface area contributed by atoms with Gasteiger partial charge in [0.05, 0.1) is 18.1 Å². The predicted molar refractivity (Wildman–Crippen MR) is 122 cm³/mol. The quantitative estimate of drug-likeness (QED) is 0.710. The number of amides is 1. The first-order chi connectivity index (χ1) is 16.0. The van der Waals surface area contributed by atoms with Crippen LogP contribution in [0, 0.1) is 0 Å². The van der Waals surface area contributed by atoms with E-state index in [2.05, 4.69) is 10.2 Å². The van der Waals surface area contributed by atoms with E-state index in [1.54, 1.807) is 6.07 Å². The predicted octanol–water partition coefficient (Wildman–Crippen LogP) is 2.09. The standard InChI is InChI=1S/C23H27N3O6S/c27-23(24-17-3-5-18(6-4-17)25-10-12-30-13-11-25)20-2-1-9-26(20)33(28,29)19-7-8-21-22(16-19)32-15-14-31-21/h3-8,16,20H,1-2,9-15H2,(H,24,27)/t20-/m0/s1. The van der Waals surface area contributed by atoms with Crippen LogP contribution in [0.3, 0.4) is 0 Å². The van der Waals surface area contributed by atoms with Crippen molar-refractivity contribution >= 4 is 27.3 Å². The van der Waals surface area contributed by atoms with Gasteiger partial charge in [-0.15, -0.1) is 0 Å². The summed E-state index contributed by atoms with van der Waals surface area (Å²) in [6, 6.07) is 11.4. The van der Waals surface area contributed by atoms with Crippen molar-refractivity contribution in [1.82, 2.24) is 4.31 Å². The van der Waals surface area contributed by atoms with Gasteiger partial charge in [0.1, 0.15) is 19.3 Å². The molecule has 0 aromatic heterocycles. The molecule has 3 aliphatic rings. The van der Waals surface area contributed by atoms with E-state index in [9.17, 15) is 13.2 Å². The molecule has 0 aliphatic carbocycles. The van der Waals surface area contributed by atoms with Crippen molar-refractivity contribution in [2.45, 2.75) is 23.8 Å². The van der Waals surface area contributed by atoms with E-state index in [0.29, 0.717) is 63.0 Å². The molecule has 1 atom stereocenters. The molecule has 0 unspecified atom stereocenters. The minimum Gasteiger partial charge on any atom is -0.486 e. The van der Waals surface area contributed by atoms with Gasteiger partial charge >= 0.3 is 0 Å². The van der Waals surface area contributed by atoms with Crippen molar-refractivity contribution in [3.8, 4) is 11.5 Å². The van der Waals surface area contributed by atoms with E-state index in [0.717, 1.165) is 18.8 Å². The molecule has 9 nitrogen and oxygen atoms in total. The van der Waals surface area contributed by atoms with Crippen molar-refractivity contribution in [3.05, 3.63) is 42.5 Å². The highest BCUT2D eigenvalue weighted by Crippen LogP contribution is 2.35. The number of carbonyl (C=O) groups excluding carboxylic acids is 1. The zero-order valence-corrected chi connectivity index (χ0v) is 19.1. The number of hydrogen-bond donors (Lipinski definition) is 1. The topological polar surface area (TPSA) is 97.4 Å². The Morgan fingerprint density at radius 3 is 2.39 bits per heavy atom. The molecule has 2 fully saturated rings. The third kappa shape index (κ3) is 4.50. The van der Waals surface area contributed by atoms with Crippen LogP contribution in [0.2, 0.25) is 0 Å². The summed E-state index contributed by atoms with van der Waals surface area (Å²) in [4.78, 5) is 15.4. The number of ether oxygens (including phenoxy) is 3. The van der Waals surface area contributed by atoms with Gasteiger partial charge in [0, 0.05) is 37.1 Å². The molecular formula is C23H27N3O6S. The molecule has 3 aliphatic heterocycles. The number of rotatable bonds is 5. The number of hydrogen-bond acceptors (Lipinski definition) is 7. The summed E-state index contributed by atoms with van der Waals surface area (Å²) in [6.45, 7) is 4.17. The van der Waals surface area contributed by atoms with E-state index in [-0.39, 0.29) is 10.8 Å². The average molecular weight is 474 g/mol. The van der Waals surface area contributed by atoms with Gasteiger partial charge in [-0.05, 0) is 49.2 Å². The monoisotopic (exact) mass is 473 g/mol. The molecule has 10 heteroatoms. The van der Waals surface area contributed by atoms with Gasteiger partial charge in [0.15, 0.2) is 11.5 Å². The minimum absolute atomic E-state index is 0.0984. The zero-order chi connectivity index (χ0) is 22.8. The van der Waals surface area contributed by atoms with E-state index in [1.807, 2.05) is 24.3 Å². The molecule has 0 saturated carbocycles. The summed E-state index contributed by atoms with van der Waals surface area (Å²) in [5.41, 5.74) is 1.71. The van der Waals surface area contributed by atoms with Crippen molar-refractivity contribution in [2.75, 3.05) is 56.3 Å². The Labute approximate surface area is 193 Å². The Morgan fingerprint density at radius 2 is 1.64 bits per heavy atom. The Kier molecular flexibility index (Phi) is 6.13. The Bertz CT molecular complexity index is 1120. The van der Waals surface area contributed by atoms with Gasteiger partial charge in [-0.2, -0.15) is 4.31 Å². The molecule has 176 valence electrons. The molecule has 0 spiro atoms. The Morgan fingerprint density at radius 1 is 0.909 bits per heavy atom. The van der Waals surface area contributed by atoms with Crippen LogP contribution in [0.5, 0.6) is 11.5 Å². The first-order valence-corrected chi connectivity index (χ1v) is 12.6. The van der Waals surface area contributed by atoms with E-state index in [4.69, 9.17) is 14.2 Å². The van der Waals surface area contributed by atoms with Gasteiger partial charge in [-0.1, -0.05) is 0 Å². The largest absolute Gasteiger partial charge is 0.486 e. The summed E-state index contributed by atoms with van der Waals surface area (Å²) < 4.78 is 44.4. The Balaban J connectivity index is 1.29. The maximum Gasteiger partial charge on any atom is 0.243 e. The fraction of sp³-hybridized carbons (Fsp3) is 0.435. The molecule has 2 aromatic rings. The molecule has 5 rings (SSSR count). The van der Waals surface area contributed by atoms with Gasteiger partial charge in [0.2, 0.25) is 15.9 Å². The van der Waals surface area contributed by atoms with Crippen LogP contribution in [0.15, 0.2) is 47.4 Å². The van der Waals surface area contributed by atoms with Gasteiger partial charge < -0.3 is 24.4 Å². The molecule has 1 N–H and O–H groups in total. The lowest BCUT2D eigenvalue weighted by molar-refractivity contribution is -0.119. The lowest BCUT2D eigenvalue weighted by atomic mass is 10.2. The second-order valence-corrected chi connectivity index (χ2v) is 10.1. The molecule has 3 heterocycles. The lowest BCUT2D eigenvalue weighted by Crippen LogP contribution is -2.43. The Hall–Kier alpha value is -2.82. The number of anilines is 2. The zero-order valence-electron chi connectivity index (χ0n) is 18.2. The second-order valence-electron chi connectivity index (χ2n) is 8.21. The summed E-state index contributed by atoms with van der Waals surface area (Å²) in [6.07, 6.45) is 1.10. The van der Waals surface area contributed by atoms with Crippen LogP contribution in [-0.2, 0) is 19.6 Å². The van der Waals surface area contributed by atoms with Crippen molar-refractivity contribution < 1.29 is 27.4 Å². The highest BCUT2D eigenvalue weighted by Gasteiger charge is 2.40. The third-order valence-electron chi connectivity index (χ3n) is 6.14. The van der Waals surface area contributed by atoms with Crippen LogP contribution in [-0.4, -0.2) is 70.7 Å². The minimum atomic E-state index is -3.86. The van der Waals surface area contributed by atoms with Gasteiger partial charge in [-0.3, -0.25) is 4.79 Å². The van der Waals surface area contributed by atoms with E-state index >= 15 is 0 Å². The SMILES string of the molecule is O=C(Nc1ccc(N2CCOCC2)cc1)[C@@H]1CCCN1S(=O)(=O)c1ccc2c(c1)OCCO2. The van der Waals surface area contributed by atoms with E-state index in [1.165, 1.54) is 16.4 Å². The number of nitrogens with one attached hydrogen (secondary N) is 1. The number of morpholine rings is 1. The van der Waals surface area contributed by atoms with Gasteiger partial charge in [-0.25, -0.2) is 8.42 Å². The summed E-state index contributed by atoms with van der Waals surface area (Å²) in [7, 11) is -3.86. The fourth-order valence-corrected chi connectivity index (χ4v) is 6.08. The summed E-state index contributed by atoms with van der Waals surface area (Å²) >= 11 is 0. The number of fused-ring (bicyclic) bond motifs is 1. The summed E-state index contributed by atoms with van der Waals surface area (Å²) in [5.74, 6) is 0.604. The third-order valence-corrected chi connectivity index (χ3v) is 8.04. The van der Waals surface area contributed by atoms with E-state index < -0.39 is 16.1 Å². The molecular weight excluding hydrogens is 446 g/mol. The molecule has 33 heavy (non-hydrogen) atoms. The van der Waals surface area contributed by atoms with Crippen LogP contribution in [0.1, 0.15) is 12.8 Å². The first-order valence-electron chi connectivity index (χ1n) is 11.2. The van der Waals surface area contributed by atoms with Crippen LogP contribution in [0.25, 0.3) is 0 Å². The maximum atomic E-state index is 13.3. The summed E-state index contributed by atoms with van der Waals surface area (Å²) in [5, 5.41) is 2.88. The highest BCUT2D eigenvalue weighted by atomic mass is 32.2. The number of sulfonamides is 1. The van der Waals surface area contributed by atoms with Crippen molar-refractivity contribution in [1.29, 1.82) is 0 Å². The first kappa shape index (κ1) is 22.0. The van der Waals surface area contributed by atoms with Crippen LogP contribution < -0.4 is 19.7 Å². The smallest absolute Gasteiger partial charge is 0.243 e. The molecule has 0 bridgehead atoms. The van der Waals surface area contributed by atoms with Crippen LogP contribution in [0.4, 0.5) is 11.4 Å². The highest BCUT2D eigenvalue weighted by molar-refractivity contribution is 7.89. The van der Waals surface area contributed by atoms with Crippen LogP contribution >= 0.6 is 0 Å². The number of nitrogens with zero attached hydrogens (tertiary/aromatic N) is 2. The second kappa shape index (κ2) is 9.20.